The van der Waals surface area contributed by atoms with Crippen molar-refractivity contribution in [1.82, 2.24) is 53.2 Å². The van der Waals surface area contributed by atoms with Gasteiger partial charge in [0.2, 0.25) is 59.3 Å². The number of hydrogen-bond acceptors (Lipinski definition) is 36. The monoisotopic (exact) mass is 1980 g/mol. The molecule has 27 atom stereocenters. The molecular formula is C91H123Cl2N11O34. The molecular weight excluding hydrogens is 1860 g/mol. The fourth-order valence-corrected chi connectivity index (χ4v) is 17.6. The Morgan fingerprint density at radius 1 is 0.601 bits per heavy atom. The smallest absolute Gasteiger partial charge is 0.251 e. The van der Waals surface area contributed by atoms with E-state index in [0.29, 0.717) is 6.54 Å². The van der Waals surface area contributed by atoms with Crippen LogP contribution in [0.2, 0.25) is 10.0 Å². The summed E-state index contributed by atoms with van der Waals surface area (Å²) in [4.78, 5) is 135. The number of ether oxygens (including phenoxy) is 8. The first-order chi connectivity index (χ1) is 65.5. The van der Waals surface area contributed by atoms with Gasteiger partial charge in [-0.2, -0.15) is 0 Å². The van der Waals surface area contributed by atoms with Crippen molar-refractivity contribution in [3.8, 4) is 57.1 Å². The minimum atomic E-state index is -2.53. The fraction of sp³-hybridized carbons (Fsp3) is 0.571. The number of likely N-dealkylation sites (N-methyl/N-ethyl adjacent to an activating group) is 1. The second-order valence-corrected chi connectivity index (χ2v) is 36.4. The minimum Gasteiger partial charge on any atom is -0.508 e. The zero-order valence-electron chi connectivity index (χ0n) is 76.2. The molecule has 9 amide bonds. The molecule has 8 heterocycles. The molecule has 45 nitrogen and oxygen atoms in total. The van der Waals surface area contributed by atoms with Crippen LogP contribution in [-0.4, -0.2) is 321 Å². The van der Waals surface area contributed by atoms with Crippen molar-refractivity contribution >= 4 is 76.4 Å². The maximum absolute atomic E-state index is 16.5. The van der Waals surface area contributed by atoms with E-state index in [1.807, 2.05) is 0 Å². The standard InChI is InChI=1S/C91H123Cl2N11O34/c1-7-8-9-10-11-12-13-14-24-98-91(5)34-61(131-39(4)80(91)122)136-79-73(118)71(116)59(37-107)135-90(79)138-78-56-29-43-30-57(78)133-55-21-18-42(28-48(55)93)69(114)67-87(129)102-65(83(125)96-22-15-23-97-88(130)75(120)74(119)77(53(111)35-105)137-89-76(121)72(117)70(115)58(36-106)134-89)46-31-44(108)32-52(110)62(46)45-26-40(16-19-51(45)109)63(84(126)104-67)101-85(127)64(43)100-82(124)50(33-60(94)112)99-86(128)66(103-81(123)49(95-6)25-38(2)3)68(113)41-17-20-54(132-56)47(92)27-41/h16-21,26-32,38-39,49-50,53,58-59,61,63-77,79-80,89-90,95,98,105-111,113-122H,7-15,22-25,33-37H2,1-6H3,(H2,94,112)(H,96,125)(H,97,130)(H,99,128)(H,100,124)(H,101,127)(H,102,129)(H,103,123)(H,104,126)/t39-,49+,50-,53+,58+,59+,61-,63+,64+,65-,66+,67-,68+,69+,70-,71+,72-,73-,74+,75+,76+,77+,79+,80+,89?,90-,91-/m0/s1. The second kappa shape index (κ2) is 48.4. The Balaban J connectivity index is 1.02. The molecule has 0 saturated carbocycles. The average molecular weight is 1990 g/mol. The van der Waals surface area contributed by atoms with Gasteiger partial charge in [0.25, 0.3) is 5.91 Å². The number of halogens is 2. The first-order valence-corrected chi connectivity index (χ1v) is 46.1. The number of aliphatic hydroxyl groups is 14. The molecule has 1 unspecified atom stereocenters. The molecule has 0 aliphatic carbocycles. The van der Waals surface area contributed by atoms with Crippen molar-refractivity contribution in [2.24, 2.45) is 11.7 Å². The number of primary amides is 1. The molecule has 0 aromatic heterocycles. The van der Waals surface area contributed by atoms with Crippen molar-refractivity contribution in [1.29, 1.82) is 0 Å². The van der Waals surface area contributed by atoms with Gasteiger partial charge in [0.15, 0.2) is 36.3 Å². The first-order valence-electron chi connectivity index (χ1n) is 45.4. The molecule has 13 rings (SSSR count). The third kappa shape index (κ3) is 25.8. The lowest BCUT2D eigenvalue weighted by atomic mass is 9.84. The number of aromatic hydroxyl groups is 3. The lowest BCUT2D eigenvalue weighted by Crippen LogP contribution is -2.65. The highest BCUT2D eigenvalue weighted by molar-refractivity contribution is 6.32. The van der Waals surface area contributed by atoms with E-state index in [2.05, 4.69) is 60.1 Å². The van der Waals surface area contributed by atoms with Crippen LogP contribution in [0.15, 0.2) is 78.9 Å². The van der Waals surface area contributed by atoms with Crippen molar-refractivity contribution < 1.29 is 168 Å². The Morgan fingerprint density at radius 3 is 1.80 bits per heavy atom. The molecule has 760 valence electrons. The van der Waals surface area contributed by atoms with Crippen LogP contribution in [0.3, 0.4) is 0 Å². The Hall–Kier alpha value is -10.1. The van der Waals surface area contributed by atoms with Gasteiger partial charge in [0.1, 0.15) is 138 Å². The van der Waals surface area contributed by atoms with Gasteiger partial charge in [0, 0.05) is 42.2 Å². The second-order valence-electron chi connectivity index (χ2n) is 35.6. The van der Waals surface area contributed by atoms with Crippen LogP contribution in [0.1, 0.15) is 170 Å². The van der Waals surface area contributed by atoms with Crippen molar-refractivity contribution in [2.75, 3.05) is 46.5 Å². The predicted molar refractivity (Wildman–Crippen MR) is 482 cm³/mol. The normalized spacial score (nSPS) is 29.0. The van der Waals surface area contributed by atoms with E-state index in [1.165, 1.54) is 19.2 Å². The number of fused-ring (bicyclic) bond motifs is 15. The summed E-state index contributed by atoms with van der Waals surface area (Å²) in [5, 5.41) is 216. The van der Waals surface area contributed by atoms with Gasteiger partial charge in [-0.15, -0.1) is 0 Å². The summed E-state index contributed by atoms with van der Waals surface area (Å²) in [6.07, 6.45) is -29.9. The average Bonchev–Trinajstić information content (AvgIpc) is 0.761. The summed E-state index contributed by atoms with van der Waals surface area (Å²) in [6, 6.07) is -1.24. The number of nitrogens with two attached hydrogens (primary N) is 1. The molecule has 138 heavy (non-hydrogen) atoms. The Labute approximate surface area is 801 Å². The predicted octanol–water partition coefficient (Wildman–Crippen LogP) is -2.32. The molecule has 3 fully saturated rings. The van der Waals surface area contributed by atoms with E-state index in [1.54, 1.807) is 27.7 Å². The number of hydrogen-bond donors (Lipinski definition) is 28. The van der Waals surface area contributed by atoms with Gasteiger partial charge in [-0.05, 0) is 135 Å². The molecule has 8 aliphatic heterocycles. The number of benzene rings is 5. The summed E-state index contributed by atoms with van der Waals surface area (Å²) in [6.45, 7) is 5.40. The van der Waals surface area contributed by atoms with Crippen LogP contribution in [0, 0.1) is 5.92 Å². The molecule has 11 bridgehead atoms. The van der Waals surface area contributed by atoms with Crippen LogP contribution >= 0.6 is 23.2 Å². The number of carbonyl (C=O) groups excluding carboxylic acids is 9. The van der Waals surface area contributed by atoms with Crippen LogP contribution in [-0.2, 0) is 66.8 Å². The van der Waals surface area contributed by atoms with Crippen LogP contribution < -0.4 is 73.1 Å². The van der Waals surface area contributed by atoms with E-state index >= 15 is 28.8 Å². The molecule has 5 aromatic rings. The van der Waals surface area contributed by atoms with Gasteiger partial charge < -0.3 is 184 Å². The van der Waals surface area contributed by atoms with Gasteiger partial charge >= 0.3 is 0 Å². The summed E-state index contributed by atoms with van der Waals surface area (Å²) in [7, 11) is 1.46. The number of nitrogens with one attached hydrogen (secondary N) is 10. The Morgan fingerprint density at radius 2 is 1.19 bits per heavy atom. The minimum absolute atomic E-state index is 0.122. The largest absolute Gasteiger partial charge is 0.508 e. The van der Waals surface area contributed by atoms with Gasteiger partial charge in [0.05, 0.1) is 54.5 Å². The number of unbranched alkanes of at least 4 members (excludes halogenated alkanes) is 7. The Bertz CT molecular complexity index is 5110. The molecule has 0 radical (unpaired) electrons. The van der Waals surface area contributed by atoms with Crippen molar-refractivity contribution in [2.45, 2.75) is 276 Å². The zero-order valence-corrected chi connectivity index (χ0v) is 77.7. The molecule has 47 heteroatoms. The topological polar surface area (TPSA) is 718 Å². The Kier molecular flexibility index (Phi) is 37.9. The maximum Gasteiger partial charge on any atom is 0.251 e. The summed E-state index contributed by atoms with van der Waals surface area (Å²) in [5.41, 5.74) is 1.55. The van der Waals surface area contributed by atoms with E-state index in [-0.39, 0.29) is 42.1 Å². The van der Waals surface area contributed by atoms with Crippen molar-refractivity contribution in [3.63, 3.8) is 0 Å². The molecule has 3 saturated heterocycles. The third-order valence-corrected chi connectivity index (χ3v) is 25.5. The fourth-order valence-electron chi connectivity index (χ4n) is 17.2. The molecule has 0 spiro atoms. The zero-order chi connectivity index (χ0) is 101. The van der Waals surface area contributed by atoms with Crippen LogP contribution in [0.5, 0.6) is 46.0 Å². The number of phenolic OH excluding ortho intramolecular Hbond substituents is 3. The lowest BCUT2D eigenvalue weighted by molar-refractivity contribution is -0.334. The highest BCUT2D eigenvalue weighted by Crippen LogP contribution is 2.50. The van der Waals surface area contributed by atoms with E-state index in [9.17, 15) is 101 Å². The number of aliphatic hydroxyl groups excluding tert-OH is 14. The van der Waals surface area contributed by atoms with Gasteiger partial charge in [-0.3, -0.25) is 43.2 Å². The summed E-state index contributed by atoms with van der Waals surface area (Å²) in [5.74, 6) is -17.5. The SMILES string of the molecule is CCCCCCCCCCN[C@@]1(C)C[C@H](O[C@H]2[C@H](Oc3c4cc5cc3Oc3ccc(cc3Cl)[C@@H](O)[C@@H](NC(=O)[C@@H](CC(C)C)NC)C(=O)N[C@@H](CC(N)=O)C(=O)N[C@H]5C(=O)N[C@H]3C(=O)N[C@H](C(=O)N[C@H](C(=O)NCCCNC(=O)[C@H](O)[C@@H](O)[C@H](OC5O[C@H](CO)[C@H](O)[C@H](O)[C@H]5O)[C@H](O)CO)c5cc(O)cc(O)c5-c5cc3ccc5O)[C@H](O)c3ccc(c(Cl)c3)O4)O[C@H](CO)[C@@H](O)[C@@H]2O)O[C@@H](C)[C@H]1O. The van der Waals surface area contributed by atoms with Crippen LogP contribution in [0.25, 0.3) is 11.1 Å². The third-order valence-electron chi connectivity index (χ3n) is 24.9. The molecule has 29 N–H and O–H groups in total. The van der Waals surface area contributed by atoms with E-state index < -0.39 is 335 Å². The highest BCUT2D eigenvalue weighted by atomic mass is 35.5. The maximum atomic E-state index is 16.5. The summed E-state index contributed by atoms with van der Waals surface area (Å²) < 4.78 is 50.3. The van der Waals surface area contributed by atoms with E-state index in [0.717, 1.165) is 118 Å². The van der Waals surface area contributed by atoms with E-state index in [4.69, 9.17) is 66.8 Å². The number of phenols is 3. The number of rotatable bonds is 35. The first kappa shape index (κ1) is 108. The van der Waals surface area contributed by atoms with Crippen molar-refractivity contribution in [3.05, 3.63) is 117 Å². The van der Waals surface area contributed by atoms with Gasteiger partial charge in [-0.1, -0.05) is 107 Å². The number of amides is 9. The summed E-state index contributed by atoms with van der Waals surface area (Å²) >= 11 is 14.4. The number of carbonyl (C=O) groups is 9. The quantitative estimate of drug-likeness (QED) is 0.0189. The lowest BCUT2D eigenvalue weighted by Gasteiger charge is -2.48. The van der Waals surface area contributed by atoms with Gasteiger partial charge in [-0.25, -0.2) is 0 Å². The highest BCUT2D eigenvalue weighted by Gasteiger charge is 2.54. The molecule has 5 aromatic carbocycles. The molecule has 8 aliphatic rings. The van der Waals surface area contributed by atoms with Crippen LogP contribution in [0.4, 0.5) is 0 Å².